The topological polar surface area (TPSA) is 241 Å². The number of aromatic amines is 2. The second kappa shape index (κ2) is 26.7. The molecule has 4 heterocycles. The van der Waals surface area contributed by atoms with E-state index in [1.165, 1.54) is 25.0 Å². The van der Waals surface area contributed by atoms with Crippen LogP contribution in [0.4, 0.5) is 23.3 Å². The Bertz CT molecular complexity index is 3990. The second-order valence-corrected chi connectivity index (χ2v) is 27.5. The molecule has 4 aromatic heterocycles. The Morgan fingerprint density at radius 1 is 0.622 bits per heavy atom. The van der Waals surface area contributed by atoms with Crippen LogP contribution in [-0.4, -0.2) is 106 Å². The molecule has 0 radical (unpaired) electrons. The highest BCUT2D eigenvalue weighted by Crippen LogP contribution is 2.60. The van der Waals surface area contributed by atoms with Gasteiger partial charge in [-0.05, 0) is 193 Å². The molecule has 4 atom stereocenters. The van der Waals surface area contributed by atoms with E-state index in [2.05, 4.69) is 74.6 Å². The molecule has 8 fully saturated rings. The summed E-state index contributed by atoms with van der Waals surface area (Å²) in [4.78, 5) is 76.5. The lowest BCUT2D eigenvalue weighted by molar-refractivity contribution is -0.112. The molecule has 8 bridgehead atoms. The number of allylic oxidation sites excluding steroid dienone is 2. The largest absolute Gasteiger partial charge is 0.399 e. The number of H-pyrrole nitrogens is 2. The predicted molar refractivity (Wildman–Crippen MR) is 365 cm³/mol. The fraction of sp³-hybridized carbons (Fsp3) is 0.362. The second-order valence-electron chi connectivity index (χ2n) is 25.7. The fourth-order valence-corrected chi connectivity index (χ4v) is 16.7. The minimum Gasteiger partial charge on any atom is -0.399 e. The van der Waals surface area contributed by atoms with Crippen molar-refractivity contribution in [3.63, 3.8) is 0 Å². The van der Waals surface area contributed by atoms with Crippen LogP contribution in [0.15, 0.2) is 146 Å². The Kier molecular flexibility index (Phi) is 19.0. The smallest absolute Gasteiger partial charge is 0.251 e. The molecule has 90 heavy (non-hydrogen) atoms. The van der Waals surface area contributed by atoms with Crippen molar-refractivity contribution in [2.45, 2.75) is 107 Å². The summed E-state index contributed by atoms with van der Waals surface area (Å²) in [5.74, 6) is 3.04. The van der Waals surface area contributed by atoms with E-state index in [0.29, 0.717) is 91.4 Å². The van der Waals surface area contributed by atoms with Crippen LogP contribution in [0.1, 0.15) is 105 Å². The van der Waals surface area contributed by atoms with Gasteiger partial charge in [0.1, 0.15) is 0 Å². The summed E-state index contributed by atoms with van der Waals surface area (Å²) in [6, 6.07) is 30.5. The average molecular weight is 1340 g/mol. The van der Waals surface area contributed by atoms with Gasteiger partial charge in [0.25, 0.3) is 11.8 Å². The first-order valence-electron chi connectivity index (χ1n) is 30.2. The molecule has 4 unspecified atom stereocenters. The Morgan fingerprint density at radius 2 is 1.06 bits per heavy atom. The monoisotopic (exact) mass is 1330 g/mol. The van der Waals surface area contributed by atoms with E-state index < -0.39 is 5.24 Å². The molecule has 0 aliphatic heterocycles. The molecular formula is C69H75BrCl3N13O4. The number of halogens is 4. The zero-order chi connectivity index (χ0) is 62.1. The molecule has 0 saturated heterocycles. The van der Waals surface area contributed by atoms with E-state index in [1.54, 1.807) is 67.0 Å². The third-order valence-corrected chi connectivity index (χ3v) is 19.5. The standard InChI is InChI=1S/C35H38ClN7O2.C29H29ClN6O.C4H4BrClO.CH4/c1-43(2)13-5-8-30(44)39-25-11-9-24(10-12-25)32(45)41-34-15-22-14-23(16-34)18-35(17-22,21-34)42-33-38-20-28(36)31(40-33)27-19-37-29-7-4-3-6-26(27)29;30-23-15-33-27(34-25(23)22-14-32-24-4-2-1-3-21(22)24)36-29-12-17-9-18(13-29)11-28(10-17,16-29)35-26(37)19-5-7-20(31)8-6-19;5-3-1-2-4(6)7;/h3-12,19-20,22-23,37H,13-18,21H2,1-2H3,(H,39,44)(H,41,45)(H,38,40,42);1-8,14-15,17-18,32H,9-13,16,31H2,(H,35,37)(H,33,34,36);1-2H,3H2;1H4/b8-5+;;2-1+;. The van der Waals surface area contributed by atoms with Gasteiger partial charge in [-0.15, -0.1) is 0 Å². The van der Waals surface area contributed by atoms with Gasteiger partial charge >= 0.3 is 0 Å². The number of amides is 3. The number of rotatable bonds is 16. The van der Waals surface area contributed by atoms with Gasteiger partial charge in [-0.1, -0.05) is 95.1 Å². The number of benzene rings is 4. The SMILES string of the molecule is C.CN(C)C/C=C/C(=O)Nc1ccc(C(=O)NC23CC4CC(C2)CC(Nc2ncc(Cl)c(-c5c[nH]c6ccccc56)n2)(C4)C3)cc1.Nc1ccc(C(=O)NC23CC4CC(C2)CC(Nc2ncc(Cl)c(-c5c[nH]c6ccccc56)n2)(C4)C3)cc1.O=C(Cl)/C=C/CBr. The molecular weight excluding hydrogens is 1260 g/mol. The molecule has 0 spiro atoms. The molecule has 8 aliphatic carbocycles. The highest BCUT2D eigenvalue weighted by molar-refractivity contribution is 9.09. The lowest BCUT2D eigenvalue weighted by Crippen LogP contribution is -2.67. The van der Waals surface area contributed by atoms with E-state index in [-0.39, 0.29) is 47.3 Å². The molecule has 3 amide bonds. The summed E-state index contributed by atoms with van der Waals surface area (Å²) in [6.45, 7) is 0.686. The van der Waals surface area contributed by atoms with Crippen LogP contribution < -0.4 is 32.3 Å². The fourth-order valence-electron chi connectivity index (χ4n) is 16.0. The van der Waals surface area contributed by atoms with Crippen molar-refractivity contribution >= 4 is 119 Å². The van der Waals surface area contributed by atoms with E-state index in [4.69, 9.17) is 50.5 Å². The first-order valence-corrected chi connectivity index (χ1v) is 32.5. The third-order valence-electron chi connectivity index (χ3n) is 18.5. The normalized spacial score (nSPS) is 24.9. The number of anilines is 4. The molecule has 8 aliphatic rings. The number of alkyl halides is 1. The van der Waals surface area contributed by atoms with Crippen molar-refractivity contribution in [1.82, 2.24) is 45.4 Å². The van der Waals surface area contributed by atoms with Crippen molar-refractivity contribution < 1.29 is 19.2 Å². The molecule has 17 nitrogen and oxygen atoms in total. The highest BCUT2D eigenvalue weighted by Gasteiger charge is 2.60. The van der Waals surface area contributed by atoms with E-state index >= 15 is 0 Å². The number of para-hydroxylation sites is 2. The Labute approximate surface area is 547 Å². The maximum Gasteiger partial charge on any atom is 0.251 e. The Morgan fingerprint density at radius 3 is 1.48 bits per heavy atom. The van der Waals surface area contributed by atoms with Gasteiger partial charge in [-0.25, -0.2) is 19.9 Å². The number of fused-ring (bicyclic) bond motifs is 2. The Hall–Kier alpha value is -7.61. The van der Waals surface area contributed by atoms with Crippen LogP contribution in [-0.2, 0) is 9.59 Å². The van der Waals surface area contributed by atoms with Crippen LogP contribution in [0, 0.1) is 23.7 Å². The zero-order valence-electron chi connectivity index (χ0n) is 49.5. The van der Waals surface area contributed by atoms with Crippen LogP contribution in [0.3, 0.4) is 0 Å². The summed E-state index contributed by atoms with van der Waals surface area (Å²) in [7, 11) is 3.89. The molecule has 468 valence electrons. The van der Waals surface area contributed by atoms with Crippen LogP contribution >= 0.6 is 50.7 Å². The van der Waals surface area contributed by atoms with Gasteiger partial charge in [-0.3, -0.25) is 19.2 Å². The van der Waals surface area contributed by atoms with Crippen molar-refractivity contribution in [2.24, 2.45) is 23.7 Å². The van der Waals surface area contributed by atoms with E-state index in [0.717, 1.165) is 97.1 Å². The van der Waals surface area contributed by atoms with Crippen LogP contribution in [0.2, 0.25) is 10.0 Å². The highest BCUT2D eigenvalue weighted by atomic mass is 79.9. The summed E-state index contributed by atoms with van der Waals surface area (Å²) in [5, 5.41) is 20.7. The quantitative estimate of drug-likeness (QED) is 0.0195. The lowest BCUT2D eigenvalue weighted by atomic mass is 9.50. The maximum absolute atomic E-state index is 13.6. The summed E-state index contributed by atoms with van der Waals surface area (Å²) in [6.07, 6.45) is 25.9. The number of nitrogen functional groups attached to an aromatic ring is 1. The number of nitrogens with two attached hydrogens (primary N) is 1. The zero-order valence-corrected chi connectivity index (χ0v) is 53.4. The van der Waals surface area contributed by atoms with Crippen molar-refractivity contribution in [3.8, 4) is 22.5 Å². The molecule has 8 saturated carbocycles. The summed E-state index contributed by atoms with van der Waals surface area (Å²) in [5.41, 5.74) is 12.9. The number of likely N-dealkylation sites (N-methyl/N-ethyl adjacent to an activating group) is 1. The minimum atomic E-state index is -0.431. The molecule has 8 aromatic rings. The Balaban J connectivity index is 0.000000168. The van der Waals surface area contributed by atoms with Gasteiger partial charge in [0.2, 0.25) is 23.0 Å². The van der Waals surface area contributed by atoms with Crippen molar-refractivity contribution in [1.29, 1.82) is 0 Å². The van der Waals surface area contributed by atoms with Gasteiger partial charge in [0.05, 0.1) is 33.8 Å². The molecule has 9 N–H and O–H groups in total. The van der Waals surface area contributed by atoms with Crippen LogP contribution in [0.5, 0.6) is 0 Å². The van der Waals surface area contributed by atoms with Gasteiger partial charge in [-0.2, -0.15) is 0 Å². The number of nitrogens with one attached hydrogen (secondary N) is 7. The first-order chi connectivity index (χ1) is 42.8. The maximum atomic E-state index is 13.6. The van der Waals surface area contributed by atoms with Crippen molar-refractivity contribution in [2.75, 3.05) is 47.7 Å². The van der Waals surface area contributed by atoms with Crippen LogP contribution in [0.25, 0.3) is 44.3 Å². The van der Waals surface area contributed by atoms with Gasteiger partial charge < -0.3 is 47.2 Å². The first kappa shape index (κ1) is 63.9. The number of carbonyl (C=O) groups excluding carboxylic acids is 4. The number of hydrogen-bond donors (Lipinski definition) is 8. The predicted octanol–water partition coefficient (Wildman–Crippen LogP) is 14.4. The van der Waals surface area contributed by atoms with Crippen molar-refractivity contribution in [3.05, 3.63) is 167 Å². The third kappa shape index (κ3) is 14.3. The lowest BCUT2D eigenvalue weighted by Gasteiger charge is -2.62. The van der Waals surface area contributed by atoms with E-state index in [9.17, 15) is 19.2 Å². The van der Waals surface area contributed by atoms with Gasteiger partial charge in [0.15, 0.2) is 0 Å². The van der Waals surface area contributed by atoms with Gasteiger partial charge in [0, 0.05) is 108 Å². The average Bonchev–Trinajstić information content (AvgIpc) is 0.873. The number of hydrogen-bond acceptors (Lipinski definition) is 12. The summed E-state index contributed by atoms with van der Waals surface area (Å²) >= 11 is 21.2. The molecule has 4 aromatic carbocycles. The number of aromatic nitrogens is 6. The number of carbonyl (C=O) groups is 4. The summed E-state index contributed by atoms with van der Waals surface area (Å²) < 4.78 is 0. The number of nitrogens with zero attached hydrogens (tertiary/aromatic N) is 5. The molecule has 16 rings (SSSR count). The molecule has 21 heteroatoms. The minimum absolute atomic E-state index is 0. The van der Waals surface area contributed by atoms with E-state index in [1.807, 2.05) is 73.9 Å².